The van der Waals surface area contributed by atoms with Gasteiger partial charge in [-0.2, -0.15) is 6.42 Å². The molecule has 0 aliphatic carbocycles. The Kier molecular flexibility index (Phi) is 49.8. The van der Waals surface area contributed by atoms with E-state index in [1.165, 1.54) is 19.6 Å². The van der Waals surface area contributed by atoms with Crippen molar-refractivity contribution in [1.82, 2.24) is 15.4 Å². The summed E-state index contributed by atoms with van der Waals surface area (Å²) in [5, 5.41) is 42.7. The van der Waals surface area contributed by atoms with Crippen molar-refractivity contribution in [2.45, 2.75) is 102 Å². The molecule has 2 saturated heterocycles. The monoisotopic (exact) mass is 938 g/mol. The average molecular weight is 939 g/mol. The maximum absolute atomic E-state index is 11.7. The molecule has 2 fully saturated rings. The zero-order valence-corrected chi connectivity index (χ0v) is 43.8. The Hall–Kier alpha value is -2.41. The molecule has 3 unspecified atom stereocenters. The van der Waals surface area contributed by atoms with E-state index in [1.807, 2.05) is 0 Å². The number of nitrogens with one attached hydrogen (secondary N) is 1. The summed E-state index contributed by atoms with van der Waals surface area (Å²) < 4.78 is 3.76. The van der Waals surface area contributed by atoms with Crippen molar-refractivity contribution >= 4 is 78.1 Å². The van der Waals surface area contributed by atoms with E-state index >= 15 is 0 Å². The average Bonchev–Trinajstić information content (AvgIpc) is 3.65. The minimum atomic E-state index is -1.86. The molecule has 3 atom stereocenters. The summed E-state index contributed by atoms with van der Waals surface area (Å²) in [4.78, 5) is 157. The molecule has 0 aromatic carbocycles. The van der Waals surface area contributed by atoms with Gasteiger partial charge in [0.25, 0.3) is 23.6 Å². The predicted octanol–water partition coefficient (Wildman–Crippen LogP) is -17.6. The molecule has 2 aliphatic heterocycles. The summed E-state index contributed by atoms with van der Waals surface area (Å²) in [6.07, 6.45) is 2.42. The van der Waals surface area contributed by atoms with Crippen LogP contribution in [0.4, 0.5) is 4.79 Å². The third-order valence-electron chi connectivity index (χ3n) is 7.29. The number of hydrogen-bond acceptors (Lipinski definition) is 23. The number of rotatable bonds is 22. The van der Waals surface area contributed by atoms with E-state index in [9.17, 15) is 83.1 Å². The van der Waals surface area contributed by atoms with Crippen LogP contribution in [0.2, 0.25) is 0 Å². The normalized spacial score (nSPS) is 14.7. The molecule has 0 bridgehead atoms. The van der Waals surface area contributed by atoms with Crippen LogP contribution in [0.25, 0.3) is 0 Å². The number of unbranched alkanes of at least 4 members (excludes halogenated alkanes) is 6. The van der Waals surface area contributed by atoms with Crippen LogP contribution in [0.5, 0.6) is 0 Å². The van der Waals surface area contributed by atoms with Gasteiger partial charge in [-0.15, -0.1) is 10.1 Å². The molecule has 2 rings (SSSR count). The molecule has 0 spiro atoms. The van der Waals surface area contributed by atoms with E-state index in [-0.39, 0.29) is 154 Å². The van der Waals surface area contributed by atoms with Gasteiger partial charge >= 0.3 is 142 Å². The van der Waals surface area contributed by atoms with Gasteiger partial charge < -0.3 is 75.1 Å². The number of aliphatic carboxylic acids is 1. The number of imide groups is 2. The molecule has 3 N–H and O–H groups in total. The van der Waals surface area contributed by atoms with Crippen molar-refractivity contribution in [3.63, 3.8) is 0 Å². The molecule has 0 aromatic heterocycles. The molecule has 0 radical (unpaired) electrons. The van der Waals surface area contributed by atoms with Crippen molar-refractivity contribution in [2.24, 2.45) is 17.6 Å². The topological polar surface area (TPSA) is 405 Å². The third-order valence-corrected chi connectivity index (χ3v) is 7.29. The summed E-state index contributed by atoms with van der Waals surface area (Å²) in [6.45, 7) is 0. The van der Waals surface area contributed by atoms with E-state index in [0.29, 0.717) is 51.4 Å². The number of nitrogens with zero attached hydrogens (tertiary/aromatic N) is 2. The van der Waals surface area contributed by atoms with Gasteiger partial charge in [-0.3, -0.25) is 39.8 Å². The SMILES string of the molecule is CN.CNC(=O)CCCCCCC(=O)ON1C(=O)CC(C(=O)O[O-])C1=O.O=C([O-])CCCCCCC(=O)ON1C(=O)CC(C(=O)O[O-])C1=O.O=[C-]CC([C-]=O)OC(=O)[O-].[Na+].[Na+].[Na+].[Na+]. The fourth-order valence-electron chi connectivity index (χ4n) is 4.41. The minimum absolute atomic E-state index is 0. The number of carboxylic acid groups (broad SMARTS) is 2. The van der Waals surface area contributed by atoms with Crippen molar-refractivity contribution < 1.29 is 225 Å². The van der Waals surface area contributed by atoms with Gasteiger partial charge in [0.2, 0.25) is 12.1 Å². The second kappa shape index (κ2) is 43.5. The number of carbonyl (C=O) groups excluding carboxylic acids is 13. The first-order valence-electron chi connectivity index (χ1n) is 17.4. The second-order valence-electron chi connectivity index (χ2n) is 11.5. The van der Waals surface area contributed by atoms with Crippen LogP contribution >= 0.6 is 0 Å². The fraction of sp³-hybridized carbons (Fsp3) is 0.606. The zero-order chi connectivity index (χ0) is 45.5. The summed E-state index contributed by atoms with van der Waals surface area (Å²) in [7, 11) is 3.06. The Balaban J connectivity index is -0.000000196. The van der Waals surface area contributed by atoms with Crippen LogP contribution in [-0.4, -0.2) is 108 Å². The number of nitrogens with two attached hydrogens (primary N) is 1. The number of amides is 5. The second-order valence-corrected chi connectivity index (χ2v) is 11.5. The van der Waals surface area contributed by atoms with Gasteiger partial charge in [0.05, 0.1) is 12.8 Å². The molecule has 5 amide bonds. The number of hydrogen-bond donors (Lipinski definition) is 2. The Morgan fingerprint density at radius 3 is 1.33 bits per heavy atom. The van der Waals surface area contributed by atoms with Crippen LogP contribution in [0.15, 0.2) is 0 Å². The molecule has 2 aliphatic rings. The Bertz CT molecular complexity index is 1510. The first kappa shape index (κ1) is 72.2. The molecule has 332 valence electrons. The number of carbonyl (C=O) groups is 11. The summed E-state index contributed by atoms with van der Waals surface area (Å²) >= 11 is 0. The zero-order valence-electron chi connectivity index (χ0n) is 35.8. The Labute approximate surface area is 448 Å². The van der Waals surface area contributed by atoms with Gasteiger partial charge in [-0.25, -0.2) is 15.9 Å². The molecule has 63 heavy (non-hydrogen) atoms. The third kappa shape index (κ3) is 32.0. The van der Waals surface area contributed by atoms with Crippen LogP contribution in [0.3, 0.4) is 0 Å². The molecular formula is C33H42N4Na4O22-2. The molecule has 30 heteroatoms. The van der Waals surface area contributed by atoms with Gasteiger partial charge in [-0.1, -0.05) is 31.8 Å². The Morgan fingerprint density at radius 2 is 1.03 bits per heavy atom. The van der Waals surface area contributed by atoms with Crippen molar-refractivity contribution in [3.8, 4) is 0 Å². The van der Waals surface area contributed by atoms with E-state index < -0.39 is 96.8 Å². The fourth-order valence-corrected chi connectivity index (χ4v) is 4.41. The Morgan fingerprint density at radius 1 is 0.667 bits per heavy atom. The van der Waals surface area contributed by atoms with Crippen LogP contribution in [0.1, 0.15) is 96.3 Å². The quantitative estimate of drug-likeness (QED) is 0.0149. The smallest absolute Gasteiger partial charge is 0.662 e. The first-order valence-corrected chi connectivity index (χ1v) is 17.4. The van der Waals surface area contributed by atoms with Crippen molar-refractivity contribution in [1.29, 1.82) is 0 Å². The standard InChI is InChI=1S/C14H20N2O8.C13H17NO9.C5H4O5.CH5N.4Na/c1-15-10(17)6-4-2-3-5-7-12(19)23-16-11(18)8-9(13(16)20)14(21)24-22;15-9-7-8(13(20)23-21)12(19)14(9)22-11(18)6-4-2-1-3-5-10(16)17;6-2-1-4(3-7)10-5(8)9;1-2;;;;/h9,22H,2-8H2,1H3,(H,15,17);8,21H,1-7H2,(H,16,17);4H,1H2,(H,8,9);2H2,1H3;;;;/q;;-2;;4*+1/p-4. The summed E-state index contributed by atoms with van der Waals surface area (Å²) in [5.74, 6) is -12.8. The van der Waals surface area contributed by atoms with Crippen LogP contribution < -0.4 is 150 Å². The summed E-state index contributed by atoms with van der Waals surface area (Å²) in [5.41, 5.74) is 4.50. The number of carboxylic acids is 1. The van der Waals surface area contributed by atoms with Crippen molar-refractivity contribution in [3.05, 3.63) is 0 Å². The van der Waals surface area contributed by atoms with Gasteiger partial charge in [0.15, 0.2) is 0 Å². The van der Waals surface area contributed by atoms with Crippen molar-refractivity contribution in [2.75, 3.05) is 14.1 Å². The first-order chi connectivity index (χ1) is 28.0. The largest absolute Gasteiger partial charge is 1.00 e. The predicted molar refractivity (Wildman–Crippen MR) is 175 cm³/mol. The molecule has 2 heterocycles. The van der Waals surface area contributed by atoms with E-state index in [1.54, 1.807) is 7.05 Å². The van der Waals surface area contributed by atoms with Gasteiger partial charge in [0.1, 0.15) is 11.8 Å². The molecule has 0 saturated carbocycles. The number of hydroxylamine groups is 4. The maximum atomic E-state index is 11.7. The summed E-state index contributed by atoms with van der Waals surface area (Å²) in [6, 6.07) is 0. The van der Waals surface area contributed by atoms with Crippen LogP contribution in [-0.2, 0) is 81.7 Å². The number of ether oxygens (including phenoxy) is 1. The molecule has 0 aromatic rings. The maximum Gasteiger partial charge on any atom is 1.00 e. The van der Waals surface area contributed by atoms with Gasteiger partial charge in [0, 0.05) is 32.3 Å². The van der Waals surface area contributed by atoms with E-state index in [0.717, 1.165) is 6.42 Å². The molecular weight excluding hydrogens is 896 g/mol. The molecule has 26 nitrogen and oxygen atoms in total. The van der Waals surface area contributed by atoms with Crippen LogP contribution in [0, 0.1) is 11.8 Å². The van der Waals surface area contributed by atoms with E-state index in [4.69, 9.17) is 0 Å². The van der Waals surface area contributed by atoms with Gasteiger partial charge in [-0.05, 0) is 39.2 Å². The van der Waals surface area contributed by atoms with E-state index in [2.05, 4.69) is 35.2 Å². The minimum Gasteiger partial charge on any atom is -0.662 e.